The Morgan fingerprint density at radius 1 is 1.24 bits per heavy atom. The number of anilines is 1. The van der Waals surface area contributed by atoms with Crippen LogP contribution in [0.15, 0.2) is 53.2 Å². The van der Waals surface area contributed by atoms with Gasteiger partial charge in [-0.3, -0.25) is 4.79 Å². The van der Waals surface area contributed by atoms with Crippen molar-refractivity contribution in [3.8, 4) is 23.8 Å². The molecule has 1 amide bonds. The summed E-state index contributed by atoms with van der Waals surface area (Å²) in [5.74, 6) is 2.85. The lowest BCUT2D eigenvalue weighted by Crippen LogP contribution is -2.07. The van der Waals surface area contributed by atoms with Gasteiger partial charge < -0.3 is 19.5 Å². The van der Waals surface area contributed by atoms with Crippen LogP contribution in [-0.2, 0) is 14.3 Å². The summed E-state index contributed by atoms with van der Waals surface area (Å²) in [6.45, 7) is 1.55. The minimum absolute atomic E-state index is 0.123. The van der Waals surface area contributed by atoms with E-state index in [1.54, 1.807) is 48.5 Å². The Hall–Kier alpha value is -4.05. The molecule has 0 spiro atoms. The summed E-state index contributed by atoms with van der Waals surface area (Å²) >= 11 is 0. The zero-order chi connectivity index (χ0) is 20.8. The maximum Gasteiger partial charge on any atom is 0.363 e. The number of terminal acetylenes is 1. The Morgan fingerprint density at radius 2 is 2.00 bits per heavy atom. The first-order valence-corrected chi connectivity index (χ1v) is 8.65. The molecule has 29 heavy (non-hydrogen) atoms. The van der Waals surface area contributed by atoms with Crippen molar-refractivity contribution >= 4 is 29.5 Å². The van der Waals surface area contributed by atoms with Crippen LogP contribution in [0.1, 0.15) is 18.1 Å². The van der Waals surface area contributed by atoms with Gasteiger partial charge in [-0.2, -0.15) is 0 Å². The molecule has 0 saturated carbocycles. The van der Waals surface area contributed by atoms with E-state index >= 15 is 0 Å². The quantitative estimate of drug-likeness (QED) is 0.466. The molecule has 0 atom stereocenters. The number of carbonyl (C=O) groups excluding carboxylic acids is 2. The van der Waals surface area contributed by atoms with Gasteiger partial charge in [0.15, 0.2) is 17.2 Å². The minimum atomic E-state index is -0.558. The molecule has 146 valence electrons. The average molecular weight is 390 g/mol. The standard InChI is InChI=1S/C22H18N2O5/c1-4-11-28-19-10-5-15(13-20(19)27-3)12-18-22(26)29-21(24-18)16-6-8-17(9-7-16)23-14(2)25/h1,5-10,12-13H,11H2,2-3H3,(H,23,25)/b18-12+. The highest BCUT2D eigenvalue weighted by molar-refractivity contribution is 6.13. The van der Waals surface area contributed by atoms with E-state index in [1.165, 1.54) is 14.0 Å². The number of nitrogens with zero attached hydrogens (tertiary/aromatic N) is 1. The summed E-state index contributed by atoms with van der Waals surface area (Å²) in [4.78, 5) is 27.6. The maximum atomic E-state index is 12.2. The highest BCUT2D eigenvalue weighted by Gasteiger charge is 2.24. The predicted octanol–water partition coefficient (Wildman–Crippen LogP) is 3.01. The van der Waals surface area contributed by atoms with Crippen LogP contribution in [0.25, 0.3) is 6.08 Å². The number of ether oxygens (including phenoxy) is 3. The maximum absolute atomic E-state index is 12.2. The molecule has 0 saturated heterocycles. The Kier molecular flexibility index (Phi) is 5.95. The lowest BCUT2D eigenvalue weighted by atomic mass is 10.1. The number of carbonyl (C=O) groups is 2. The topological polar surface area (TPSA) is 86.2 Å². The van der Waals surface area contributed by atoms with Gasteiger partial charge in [-0.05, 0) is 48.0 Å². The lowest BCUT2D eigenvalue weighted by Gasteiger charge is -2.09. The number of nitrogens with one attached hydrogen (secondary N) is 1. The number of aliphatic imine (C=N–C) groups is 1. The Balaban J connectivity index is 1.83. The first-order chi connectivity index (χ1) is 14.0. The molecule has 0 unspecified atom stereocenters. The molecule has 2 aromatic rings. The first kappa shape index (κ1) is 19.7. The molecule has 0 fully saturated rings. The van der Waals surface area contributed by atoms with Gasteiger partial charge in [0.2, 0.25) is 11.8 Å². The SMILES string of the molecule is C#CCOc1ccc(/C=C2/N=C(c3ccc(NC(C)=O)cc3)OC2=O)cc1OC. The van der Waals surface area contributed by atoms with E-state index in [0.29, 0.717) is 28.3 Å². The van der Waals surface area contributed by atoms with Gasteiger partial charge in [0, 0.05) is 18.2 Å². The van der Waals surface area contributed by atoms with E-state index in [0.717, 1.165) is 0 Å². The summed E-state index contributed by atoms with van der Waals surface area (Å²) in [7, 11) is 1.51. The number of methoxy groups -OCH3 is 1. The largest absolute Gasteiger partial charge is 0.493 e. The molecule has 3 rings (SSSR count). The molecular weight excluding hydrogens is 372 g/mol. The summed E-state index contributed by atoms with van der Waals surface area (Å²) < 4.78 is 16.0. The van der Waals surface area contributed by atoms with Gasteiger partial charge >= 0.3 is 5.97 Å². The molecule has 0 aliphatic carbocycles. The monoisotopic (exact) mass is 390 g/mol. The van der Waals surface area contributed by atoms with Crippen molar-refractivity contribution < 1.29 is 23.8 Å². The Morgan fingerprint density at radius 3 is 2.66 bits per heavy atom. The molecule has 1 N–H and O–H groups in total. The second-order valence-corrected chi connectivity index (χ2v) is 6.00. The van der Waals surface area contributed by atoms with Crippen molar-refractivity contribution in [2.24, 2.45) is 4.99 Å². The molecular formula is C22H18N2O5. The summed E-state index contributed by atoms with van der Waals surface area (Å²) in [5, 5.41) is 2.67. The van der Waals surface area contributed by atoms with Crippen molar-refractivity contribution in [2.75, 3.05) is 19.0 Å². The number of rotatable bonds is 6. The van der Waals surface area contributed by atoms with E-state index in [1.807, 2.05) is 0 Å². The molecule has 7 nitrogen and oxygen atoms in total. The molecule has 0 aromatic heterocycles. The van der Waals surface area contributed by atoms with Crippen LogP contribution >= 0.6 is 0 Å². The molecule has 1 aliphatic rings. The van der Waals surface area contributed by atoms with Crippen LogP contribution in [0.5, 0.6) is 11.5 Å². The summed E-state index contributed by atoms with van der Waals surface area (Å²) in [6, 6.07) is 12.0. The Labute approximate surface area is 168 Å². The number of cyclic esters (lactones) is 1. The second-order valence-electron chi connectivity index (χ2n) is 6.00. The van der Waals surface area contributed by atoms with Gasteiger partial charge in [0.25, 0.3) is 0 Å². The van der Waals surface area contributed by atoms with Gasteiger partial charge in [-0.15, -0.1) is 6.42 Å². The highest BCUT2D eigenvalue weighted by atomic mass is 16.6. The fourth-order valence-corrected chi connectivity index (χ4v) is 2.60. The molecule has 1 aliphatic heterocycles. The zero-order valence-electron chi connectivity index (χ0n) is 15.9. The lowest BCUT2D eigenvalue weighted by molar-refractivity contribution is -0.129. The third-order valence-electron chi connectivity index (χ3n) is 3.87. The molecule has 0 radical (unpaired) electrons. The van der Waals surface area contributed by atoms with Crippen molar-refractivity contribution in [1.82, 2.24) is 0 Å². The zero-order valence-corrected chi connectivity index (χ0v) is 15.9. The fourth-order valence-electron chi connectivity index (χ4n) is 2.60. The van der Waals surface area contributed by atoms with E-state index in [4.69, 9.17) is 20.6 Å². The number of amides is 1. The predicted molar refractivity (Wildman–Crippen MR) is 109 cm³/mol. The van der Waals surface area contributed by atoms with Gasteiger partial charge in [0.05, 0.1) is 7.11 Å². The summed E-state index contributed by atoms with van der Waals surface area (Å²) in [5.41, 5.74) is 2.10. The van der Waals surface area contributed by atoms with Gasteiger partial charge in [0.1, 0.15) is 6.61 Å². The molecule has 0 bridgehead atoms. The van der Waals surface area contributed by atoms with Crippen molar-refractivity contribution in [3.05, 3.63) is 59.3 Å². The second kappa shape index (κ2) is 8.76. The number of benzene rings is 2. The van der Waals surface area contributed by atoms with Crippen molar-refractivity contribution in [1.29, 1.82) is 0 Å². The van der Waals surface area contributed by atoms with E-state index in [2.05, 4.69) is 16.2 Å². The first-order valence-electron chi connectivity index (χ1n) is 8.65. The number of esters is 1. The van der Waals surface area contributed by atoms with E-state index in [-0.39, 0.29) is 24.1 Å². The van der Waals surface area contributed by atoms with Crippen LogP contribution in [0.2, 0.25) is 0 Å². The minimum Gasteiger partial charge on any atom is -0.493 e. The third-order valence-corrected chi connectivity index (χ3v) is 3.87. The smallest absolute Gasteiger partial charge is 0.363 e. The average Bonchev–Trinajstić information content (AvgIpc) is 3.07. The number of hydrogen-bond acceptors (Lipinski definition) is 6. The highest BCUT2D eigenvalue weighted by Crippen LogP contribution is 2.29. The molecule has 1 heterocycles. The van der Waals surface area contributed by atoms with Crippen LogP contribution < -0.4 is 14.8 Å². The number of hydrogen-bond donors (Lipinski definition) is 1. The molecule has 2 aromatic carbocycles. The van der Waals surface area contributed by atoms with Crippen molar-refractivity contribution in [2.45, 2.75) is 6.92 Å². The van der Waals surface area contributed by atoms with Crippen LogP contribution in [-0.4, -0.2) is 31.5 Å². The Bertz CT molecular complexity index is 1050. The van der Waals surface area contributed by atoms with Crippen LogP contribution in [0.4, 0.5) is 5.69 Å². The van der Waals surface area contributed by atoms with Crippen molar-refractivity contribution in [3.63, 3.8) is 0 Å². The van der Waals surface area contributed by atoms with Crippen LogP contribution in [0.3, 0.4) is 0 Å². The third kappa shape index (κ3) is 4.82. The van der Waals surface area contributed by atoms with E-state index < -0.39 is 5.97 Å². The fraction of sp³-hybridized carbons (Fsp3) is 0.136. The van der Waals surface area contributed by atoms with Gasteiger partial charge in [-0.1, -0.05) is 12.0 Å². The van der Waals surface area contributed by atoms with Gasteiger partial charge in [-0.25, -0.2) is 9.79 Å². The molecule has 7 heteroatoms. The van der Waals surface area contributed by atoms with E-state index in [9.17, 15) is 9.59 Å². The van der Waals surface area contributed by atoms with Crippen LogP contribution in [0, 0.1) is 12.3 Å². The normalized spacial score (nSPS) is 14.0. The summed E-state index contributed by atoms with van der Waals surface area (Å²) in [6.07, 6.45) is 6.79.